The lowest BCUT2D eigenvalue weighted by atomic mass is 10.1. The molecule has 0 aliphatic heterocycles. The molecular weight excluding hydrogens is 558 g/mol. The van der Waals surface area contributed by atoms with E-state index >= 15 is 0 Å². The van der Waals surface area contributed by atoms with Crippen molar-refractivity contribution in [3.63, 3.8) is 0 Å². The summed E-state index contributed by atoms with van der Waals surface area (Å²) in [5.74, 6) is -1.73. The number of rotatable bonds is 32. The molecule has 0 saturated carbocycles. The topological polar surface area (TPSA) is 102 Å². The number of nitrogens with zero attached hydrogens (tertiary/aromatic N) is 1. The monoisotopic (exact) mass is 628 g/mol. The van der Waals surface area contributed by atoms with E-state index < -0.39 is 18.1 Å². The number of quaternary nitrogens is 1. The molecule has 2 unspecified atom stereocenters. The van der Waals surface area contributed by atoms with Gasteiger partial charge in [0.1, 0.15) is 12.6 Å². The fourth-order valence-corrected chi connectivity index (χ4v) is 5.36. The summed E-state index contributed by atoms with van der Waals surface area (Å²) in [7, 11) is 5.39. The van der Waals surface area contributed by atoms with Gasteiger partial charge in [0.25, 0.3) is 0 Å². The molecule has 0 aliphatic carbocycles. The third-order valence-corrected chi connectivity index (χ3v) is 8.24. The molecule has 2 atom stereocenters. The molecule has 0 spiro atoms. The van der Waals surface area contributed by atoms with Crippen molar-refractivity contribution in [1.29, 1.82) is 0 Å². The van der Waals surface area contributed by atoms with Gasteiger partial charge in [-0.1, -0.05) is 129 Å². The van der Waals surface area contributed by atoms with Gasteiger partial charge in [0.05, 0.1) is 40.3 Å². The maximum atomic E-state index is 12.5. The number of esters is 2. The second-order valence-electron chi connectivity index (χ2n) is 13.5. The minimum Gasteiger partial charge on any atom is -0.544 e. The maximum absolute atomic E-state index is 12.5. The van der Waals surface area contributed by atoms with Gasteiger partial charge in [0, 0.05) is 19.3 Å². The fraction of sp³-hybridized carbons (Fsp3) is 0.917. The van der Waals surface area contributed by atoms with Crippen LogP contribution in [0, 0.1) is 0 Å². The fourth-order valence-electron chi connectivity index (χ4n) is 5.36. The molecule has 0 fully saturated rings. The lowest BCUT2D eigenvalue weighted by Gasteiger charge is -2.34. The zero-order valence-electron chi connectivity index (χ0n) is 29.3. The van der Waals surface area contributed by atoms with Gasteiger partial charge in [-0.2, -0.15) is 0 Å². The van der Waals surface area contributed by atoms with Crippen LogP contribution in [0.15, 0.2) is 0 Å². The Morgan fingerprint density at radius 2 is 1.00 bits per heavy atom. The van der Waals surface area contributed by atoms with Crippen LogP contribution in [0.2, 0.25) is 0 Å². The molecule has 0 radical (unpaired) electrons. The summed E-state index contributed by atoms with van der Waals surface area (Å²) in [6.07, 6.45) is 24.1. The first-order valence-corrected chi connectivity index (χ1v) is 18.1. The van der Waals surface area contributed by atoms with Crippen LogP contribution in [-0.4, -0.2) is 75.5 Å². The summed E-state index contributed by atoms with van der Waals surface area (Å²) in [6.45, 7) is 4.63. The Hall–Kier alpha value is -1.67. The first kappa shape index (κ1) is 42.3. The number of hydrogen-bond donors (Lipinski definition) is 0. The molecule has 0 aromatic heterocycles. The van der Waals surface area contributed by atoms with Gasteiger partial charge in [-0.15, -0.1) is 0 Å². The van der Waals surface area contributed by atoms with Crippen LogP contribution in [0.4, 0.5) is 0 Å². The number of carbonyl (C=O) groups is 3. The first-order chi connectivity index (χ1) is 21.1. The van der Waals surface area contributed by atoms with Crippen molar-refractivity contribution >= 4 is 17.9 Å². The third-order valence-electron chi connectivity index (χ3n) is 8.24. The summed E-state index contributed by atoms with van der Waals surface area (Å²) in [4.78, 5) is 36.5. The Balaban J connectivity index is 4.43. The van der Waals surface area contributed by atoms with Crippen LogP contribution in [0.5, 0.6) is 0 Å². The Morgan fingerprint density at radius 3 is 1.41 bits per heavy atom. The predicted molar refractivity (Wildman–Crippen MR) is 176 cm³/mol. The van der Waals surface area contributed by atoms with Crippen molar-refractivity contribution in [2.75, 3.05) is 41.0 Å². The number of carboxylic acids is 1. The zero-order chi connectivity index (χ0) is 32.9. The molecule has 8 heteroatoms. The van der Waals surface area contributed by atoms with Gasteiger partial charge in [-0.3, -0.25) is 9.59 Å². The average molecular weight is 628 g/mol. The SMILES string of the molecule is CCCCCCCCCCCCCC(=O)OCC(COCCC(C(=O)[O-])[N+](C)(C)C)OC(=O)CCCCCCCCCCC. The standard InChI is InChI=1S/C36H69NO7/c1-6-8-10-12-14-16-17-19-20-22-24-26-34(38)43-31-32(30-42-29-28-33(36(40)41)37(3,4)5)44-35(39)27-25-23-21-18-15-13-11-9-7-2/h32-33H,6-31H2,1-5H3. The van der Waals surface area contributed by atoms with E-state index in [9.17, 15) is 19.5 Å². The third kappa shape index (κ3) is 26.7. The second kappa shape index (κ2) is 28.8. The largest absolute Gasteiger partial charge is 0.544 e. The van der Waals surface area contributed by atoms with Crippen molar-refractivity contribution in [3.05, 3.63) is 0 Å². The highest BCUT2D eigenvalue weighted by molar-refractivity contribution is 5.70. The number of likely N-dealkylation sites (N-methyl/N-ethyl adjacent to an activating group) is 1. The van der Waals surface area contributed by atoms with Gasteiger partial charge < -0.3 is 28.6 Å². The highest BCUT2D eigenvalue weighted by atomic mass is 16.6. The Kier molecular flexibility index (Phi) is 27.7. The maximum Gasteiger partial charge on any atom is 0.306 e. The molecule has 0 aliphatic rings. The number of carboxylic acid groups (broad SMARTS) is 1. The van der Waals surface area contributed by atoms with Crippen molar-refractivity contribution in [1.82, 2.24) is 0 Å². The van der Waals surface area contributed by atoms with E-state index in [-0.39, 0.29) is 42.7 Å². The molecule has 0 N–H and O–H groups in total. The molecule has 0 aromatic carbocycles. The van der Waals surface area contributed by atoms with Gasteiger partial charge in [-0.05, 0) is 12.8 Å². The lowest BCUT2D eigenvalue weighted by Crippen LogP contribution is -2.55. The normalized spacial score (nSPS) is 13.0. The van der Waals surface area contributed by atoms with Gasteiger partial charge in [0.15, 0.2) is 6.10 Å². The molecule has 0 aromatic rings. The molecule has 260 valence electrons. The minimum absolute atomic E-state index is 0.0478. The van der Waals surface area contributed by atoms with E-state index in [2.05, 4.69) is 13.8 Å². The number of hydrogen-bond acceptors (Lipinski definition) is 7. The van der Waals surface area contributed by atoms with Crippen molar-refractivity contribution < 1.29 is 38.2 Å². The molecule has 0 saturated heterocycles. The van der Waals surface area contributed by atoms with Crippen molar-refractivity contribution in [2.45, 2.75) is 174 Å². The number of carbonyl (C=O) groups excluding carboxylic acids is 3. The van der Waals surface area contributed by atoms with E-state index in [4.69, 9.17) is 14.2 Å². The Bertz CT molecular complexity index is 707. The highest BCUT2D eigenvalue weighted by Crippen LogP contribution is 2.14. The van der Waals surface area contributed by atoms with Gasteiger partial charge >= 0.3 is 11.9 Å². The zero-order valence-corrected chi connectivity index (χ0v) is 29.3. The van der Waals surface area contributed by atoms with Gasteiger partial charge in [-0.25, -0.2) is 0 Å². The quantitative estimate of drug-likeness (QED) is 0.0438. The summed E-state index contributed by atoms with van der Waals surface area (Å²) < 4.78 is 17.0. The predicted octanol–water partition coefficient (Wildman–Crippen LogP) is 7.29. The van der Waals surface area contributed by atoms with Crippen LogP contribution in [0.1, 0.15) is 162 Å². The van der Waals surface area contributed by atoms with Crippen LogP contribution in [0.25, 0.3) is 0 Å². The first-order valence-electron chi connectivity index (χ1n) is 18.1. The average Bonchev–Trinajstić information content (AvgIpc) is 2.96. The molecule has 8 nitrogen and oxygen atoms in total. The summed E-state index contributed by atoms with van der Waals surface area (Å²) >= 11 is 0. The molecular formula is C36H69NO7. The highest BCUT2D eigenvalue weighted by Gasteiger charge is 2.25. The Labute approximate surface area is 270 Å². The van der Waals surface area contributed by atoms with E-state index in [1.165, 1.54) is 89.9 Å². The van der Waals surface area contributed by atoms with Gasteiger partial charge in [0.2, 0.25) is 0 Å². The summed E-state index contributed by atoms with van der Waals surface area (Å²) in [5.41, 5.74) is 0. The molecule has 44 heavy (non-hydrogen) atoms. The van der Waals surface area contributed by atoms with Crippen molar-refractivity contribution in [2.24, 2.45) is 0 Å². The van der Waals surface area contributed by atoms with Crippen LogP contribution in [-0.2, 0) is 28.6 Å². The second-order valence-corrected chi connectivity index (χ2v) is 13.5. The number of aliphatic carboxylic acids is 1. The molecule has 0 heterocycles. The van der Waals surface area contributed by atoms with Crippen molar-refractivity contribution in [3.8, 4) is 0 Å². The summed E-state index contributed by atoms with van der Waals surface area (Å²) in [6, 6.07) is -0.716. The summed E-state index contributed by atoms with van der Waals surface area (Å²) in [5, 5.41) is 11.5. The minimum atomic E-state index is -1.12. The van der Waals surface area contributed by atoms with Crippen LogP contribution < -0.4 is 5.11 Å². The molecule has 0 amide bonds. The van der Waals surface area contributed by atoms with Crippen LogP contribution in [0.3, 0.4) is 0 Å². The van der Waals surface area contributed by atoms with E-state index in [1.807, 2.05) is 0 Å². The smallest absolute Gasteiger partial charge is 0.306 e. The van der Waals surface area contributed by atoms with E-state index in [0.717, 1.165) is 38.5 Å². The van der Waals surface area contributed by atoms with Crippen LogP contribution >= 0.6 is 0 Å². The Morgan fingerprint density at radius 1 is 0.591 bits per heavy atom. The molecule has 0 bridgehead atoms. The number of unbranched alkanes of at least 4 members (excludes halogenated alkanes) is 18. The molecule has 0 rings (SSSR count). The van der Waals surface area contributed by atoms with E-state index in [1.54, 1.807) is 21.1 Å². The lowest BCUT2D eigenvalue weighted by molar-refractivity contribution is -0.889. The van der Waals surface area contributed by atoms with E-state index in [0.29, 0.717) is 12.8 Å². The number of ether oxygens (including phenoxy) is 3.